The van der Waals surface area contributed by atoms with Crippen LogP contribution in [-0.4, -0.2) is 49.9 Å². The highest BCUT2D eigenvalue weighted by Crippen LogP contribution is 2.20. The van der Waals surface area contributed by atoms with Crippen LogP contribution < -0.4 is 10.6 Å². The van der Waals surface area contributed by atoms with Gasteiger partial charge < -0.3 is 15.5 Å². The van der Waals surface area contributed by atoms with Gasteiger partial charge in [0.15, 0.2) is 0 Å². The molecule has 0 aromatic rings. The van der Waals surface area contributed by atoms with Crippen LogP contribution in [-0.2, 0) is 9.59 Å². The summed E-state index contributed by atoms with van der Waals surface area (Å²) in [7, 11) is 1.97. The Hall–Kier alpha value is -0.810. The van der Waals surface area contributed by atoms with E-state index >= 15 is 0 Å². The molecule has 2 saturated heterocycles. The highest BCUT2D eigenvalue weighted by atomic mass is 35.5. The van der Waals surface area contributed by atoms with Crippen LogP contribution in [0.5, 0.6) is 0 Å². The number of halogens is 1. The third-order valence-electron chi connectivity index (χ3n) is 3.75. The van der Waals surface area contributed by atoms with Gasteiger partial charge in [0.2, 0.25) is 11.8 Å². The lowest BCUT2D eigenvalue weighted by molar-refractivity contribution is -0.137. The predicted molar refractivity (Wildman–Crippen MR) is 71.6 cm³/mol. The first-order valence-electron chi connectivity index (χ1n) is 6.40. The number of amides is 2. The zero-order chi connectivity index (χ0) is 12.3. The Bertz CT molecular complexity index is 304. The molecule has 1 atom stereocenters. The van der Waals surface area contributed by atoms with Crippen molar-refractivity contribution in [1.29, 1.82) is 0 Å². The molecule has 0 saturated carbocycles. The third-order valence-corrected chi connectivity index (χ3v) is 3.75. The van der Waals surface area contributed by atoms with Crippen LogP contribution in [0.1, 0.15) is 19.3 Å². The summed E-state index contributed by atoms with van der Waals surface area (Å²) in [5, 5.41) is 5.91. The van der Waals surface area contributed by atoms with E-state index in [9.17, 15) is 9.59 Å². The molecule has 2 N–H and O–H groups in total. The first-order chi connectivity index (χ1) is 8.20. The quantitative estimate of drug-likeness (QED) is 0.762. The van der Waals surface area contributed by atoms with Crippen LogP contribution in [0.2, 0.25) is 0 Å². The maximum atomic E-state index is 12.1. The minimum Gasteiger partial charge on any atom is -0.355 e. The lowest BCUT2D eigenvalue weighted by atomic mass is 9.95. The summed E-state index contributed by atoms with van der Waals surface area (Å²) in [6, 6.07) is 0. The molecular weight excluding hydrogens is 254 g/mol. The standard InChI is InChI=1S/C12H21N3O2.ClH/c1-13-7-9-2-4-15(5-3-9)12(17)10-6-11(16)14-8-10;/h9-10,13H,2-8H2,1H3,(H,14,16);1H. The molecule has 5 nitrogen and oxygen atoms in total. The zero-order valence-electron chi connectivity index (χ0n) is 10.8. The molecule has 0 radical (unpaired) electrons. The fourth-order valence-corrected chi connectivity index (χ4v) is 2.68. The van der Waals surface area contributed by atoms with Crippen molar-refractivity contribution in [2.45, 2.75) is 19.3 Å². The monoisotopic (exact) mass is 275 g/mol. The van der Waals surface area contributed by atoms with Crippen LogP contribution in [0.3, 0.4) is 0 Å². The summed E-state index contributed by atoms with van der Waals surface area (Å²) >= 11 is 0. The highest BCUT2D eigenvalue weighted by molar-refractivity contribution is 5.89. The molecule has 0 spiro atoms. The van der Waals surface area contributed by atoms with Crippen molar-refractivity contribution in [3.05, 3.63) is 0 Å². The molecule has 2 heterocycles. The van der Waals surface area contributed by atoms with Crippen molar-refractivity contribution < 1.29 is 9.59 Å². The molecule has 18 heavy (non-hydrogen) atoms. The van der Waals surface area contributed by atoms with Crippen molar-refractivity contribution in [3.8, 4) is 0 Å². The molecule has 0 aliphatic carbocycles. The number of piperidine rings is 1. The van der Waals surface area contributed by atoms with Gasteiger partial charge in [-0.15, -0.1) is 12.4 Å². The number of carbonyl (C=O) groups is 2. The maximum absolute atomic E-state index is 12.1. The second kappa shape index (κ2) is 6.95. The molecule has 2 aliphatic rings. The SMILES string of the molecule is CNCC1CCN(C(=O)C2CNC(=O)C2)CC1.Cl. The van der Waals surface area contributed by atoms with Gasteiger partial charge >= 0.3 is 0 Å². The van der Waals surface area contributed by atoms with E-state index in [2.05, 4.69) is 10.6 Å². The number of hydrogen-bond acceptors (Lipinski definition) is 3. The summed E-state index contributed by atoms with van der Waals surface area (Å²) in [6.45, 7) is 3.24. The summed E-state index contributed by atoms with van der Waals surface area (Å²) in [6.07, 6.45) is 2.51. The van der Waals surface area contributed by atoms with Gasteiger partial charge in [0.1, 0.15) is 0 Å². The average molecular weight is 276 g/mol. The molecule has 104 valence electrons. The van der Waals surface area contributed by atoms with Gasteiger partial charge in [0.25, 0.3) is 0 Å². The molecular formula is C12H22ClN3O2. The van der Waals surface area contributed by atoms with Crippen molar-refractivity contribution in [2.24, 2.45) is 11.8 Å². The fourth-order valence-electron chi connectivity index (χ4n) is 2.68. The Morgan fingerprint density at radius 1 is 1.44 bits per heavy atom. The van der Waals surface area contributed by atoms with Gasteiger partial charge in [-0.1, -0.05) is 0 Å². The smallest absolute Gasteiger partial charge is 0.227 e. The Balaban J connectivity index is 0.00000162. The Morgan fingerprint density at radius 2 is 2.11 bits per heavy atom. The molecule has 2 amide bonds. The third kappa shape index (κ3) is 3.59. The lowest BCUT2D eigenvalue weighted by Gasteiger charge is -2.33. The number of rotatable bonds is 3. The highest BCUT2D eigenvalue weighted by Gasteiger charge is 2.32. The molecule has 0 aromatic carbocycles. The number of nitrogens with one attached hydrogen (secondary N) is 2. The lowest BCUT2D eigenvalue weighted by Crippen LogP contribution is -2.43. The van der Waals surface area contributed by atoms with E-state index in [1.54, 1.807) is 0 Å². The number of nitrogens with zero attached hydrogens (tertiary/aromatic N) is 1. The van der Waals surface area contributed by atoms with Gasteiger partial charge in [-0.25, -0.2) is 0 Å². The van der Waals surface area contributed by atoms with Crippen LogP contribution in [0, 0.1) is 11.8 Å². The zero-order valence-corrected chi connectivity index (χ0v) is 11.6. The molecule has 0 aromatic heterocycles. The van der Waals surface area contributed by atoms with Gasteiger partial charge in [0.05, 0.1) is 5.92 Å². The average Bonchev–Trinajstić information content (AvgIpc) is 2.76. The van der Waals surface area contributed by atoms with E-state index in [0.29, 0.717) is 18.9 Å². The first-order valence-corrected chi connectivity index (χ1v) is 6.40. The molecule has 6 heteroatoms. The summed E-state index contributed by atoms with van der Waals surface area (Å²) in [5.74, 6) is 0.732. The normalized spacial score (nSPS) is 24.6. The van der Waals surface area contributed by atoms with E-state index in [-0.39, 0.29) is 30.1 Å². The van der Waals surface area contributed by atoms with E-state index in [4.69, 9.17) is 0 Å². The number of hydrogen-bond donors (Lipinski definition) is 2. The summed E-state index contributed by atoms with van der Waals surface area (Å²) in [5.41, 5.74) is 0. The summed E-state index contributed by atoms with van der Waals surface area (Å²) < 4.78 is 0. The molecule has 2 rings (SSSR count). The minimum absolute atomic E-state index is 0. The first kappa shape index (κ1) is 15.2. The van der Waals surface area contributed by atoms with E-state index in [0.717, 1.165) is 32.5 Å². The number of likely N-dealkylation sites (tertiary alicyclic amines) is 1. The van der Waals surface area contributed by atoms with Crippen molar-refractivity contribution in [2.75, 3.05) is 33.2 Å². The second-order valence-corrected chi connectivity index (χ2v) is 5.03. The van der Waals surface area contributed by atoms with E-state index in [1.165, 1.54) is 0 Å². The molecule has 2 aliphatic heterocycles. The predicted octanol–water partition coefficient (Wildman–Crippen LogP) is 0.00230. The van der Waals surface area contributed by atoms with E-state index < -0.39 is 0 Å². The Labute approximate surface area is 114 Å². The van der Waals surface area contributed by atoms with Crippen molar-refractivity contribution in [3.63, 3.8) is 0 Å². The van der Waals surface area contributed by atoms with Gasteiger partial charge in [-0.3, -0.25) is 9.59 Å². The maximum Gasteiger partial charge on any atom is 0.227 e. The van der Waals surface area contributed by atoms with E-state index in [1.807, 2.05) is 11.9 Å². The molecule has 2 fully saturated rings. The van der Waals surface area contributed by atoms with Crippen molar-refractivity contribution in [1.82, 2.24) is 15.5 Å². The largest absolute Gasteiger partial charge is 0.355 e. The summed E-state index contributed by atoms with van der Waals surface area (Å²) in [4.78, 5) is 25.1. The van der Waals surface area contributed by atoms with Gasteiger partial charge in [-0.05, 0) is 32.4 Å². The fraction of sp³-hybridized carbons (Fsp3) is 0.833. The van der Waals surface area contributed by atoms with Crippen LogP contribution in [0.4, 0.5) is 0 Å². The van der Waals surface area contributed by atoms with Gasteiger partial charge in [0, 0.05) is 26.1 Å². The topological polar surface area (TPSA) is 61.4 Å². The van der Waals surface area contributed by atoms with Crippen molar-refractivity contribution >= 4 is 24.2 Å². The van der Waals surface area contributed by atoms with Crippen LogP contribution in [0.15, 0.2) is 0 Å². The Kier molecular flexibility index (Phi) is 5.88. The van der Waals surface area contributed by atoms with Crippen LogP contribution >= 0.6 is 12.4 Å². The number of carbonyl (C=O) groups excluding carboxylic acids is 2. The molecule has 0 bridgehead atoms. The minimum atomic E-state index is -0.122. The van der Waals surface area contributed by atoms with Crippen LogP contribution in [0.25, 0.3) is 0 Å². The second-order valence-electron chi connectivity index (χ2n) is 5.03. The Morgan fingerprint density at radius 3 is 2.61 bits per heavy atom. The van der Waals surface area contributed by atoms with Gasteiger partial charge in [-0.2, -0.15) is 0 Å². The molecule has 1 unspecified atom stereocenters.